The van der Waals surface area contributed by atoms with Crippen molar-refractivity contribution in [1.82, 2.24) is 4.90 Å². The Kier molecular flexibility index (Phi) is 3.43. The summed E-state index contributed by atoms with van der Waals surface area (Å²) in [6.45, 7) is 2.44. The van der Waals surface area contributed by atoms with Crippen LogP contribution in [0.2, 0.25) is 0 Å². The van der Waals surface area contributed by atoms with Gasteiger partial charge in [-0.3, -0.25) is 9.59 Å². The van der Waals surface area contributed by atoms with Gasteiger partial charge < -0.3 is 10.0 Å². The van der Waals surface area contributed by atoms with Gasteiger partial charge in [0, 0.05) is 17.6 Å². The second-order valence-corrected chi connectivity index (χ2v) is 5.68. The van der Waals surface area contributed by atoms with Gasteiger partial charge in [0.05, 0.1) is 11.0 Å². The van der Waals surface area contributed by atoms with Crippen LogP contribution < -0.4 is 0 Å². The average molecular weight is 312 g/mol. The lowest BCUT2D eigenvalue weighted by molar-refractivity contribution is -0.147. The molecule has 1 atom stereocenters. The molecule has 4 nitrogen and oxygen atoms in total. The minimum Gasteiger partial charge on any atom is -0.481 e. The van der Waals surface area contributed by atoms with Crippen LogP contribution in [0.25, 0.3) is 0 Å². The number of amides is 1. The minimum absolute atomic E-state index is 0.118. The van der Waals surface area contributed by atoms with Gasteiger partial charge in [-0.25, -0.2) is 0 Å². The quantitative estimate of drug-likeness (QED) is 0.912. The summed E-state index contributed by atoms with van der Waals surface area (Å²) in [6, 6.07) is 7.18. The highest BCUT2D eigenvalue weighted by atomic mass is 79.9. The lowest BCUT2D eigenvalue weighted by atomic mass is 9.90. The van der Waals surface area contributed by atoms with Gasteiger partial charge in [-0.1, -0.05) is 12.1 Å². The molecule has 0 aliphatic carbocycles. The van der Waals surface area contributed by atoms with E-state index in [1.54, 1.807) is 30.0 Å². The van der Waals surface area contributed by atoms with Gasteiger partial charge in [-0.05, 0) is 41.4 Å². The van der Waals surface area contributed by atoms with Crippen molar-refractivity contribution >= 4 is 27.8 Å². The summed E-state index contributed by atoms with van der Waals surface area (Å²) in [7, 11) is 0. The second-order valence-electron chi connectivity index (χ2n) is 4.82. The smallest absolute Gasteiger partial charge is 0.311 e. The van der Waals surface area contributed by atoms with Crippen LogP contribution in [0.1, 0.15) is 23.7 Å². The zero-order chi connectivity index (χ0) is 13.3. The first-order valence-electron chi connectivity index (χ1n) is 5.71. The molecule has 0 saturated carbocycles. The van der Waals surface area contributed by atoms with Crippen molar-refractivity contribution in [1.29, 1.82) is 0 Å². The van der Waals surface area contributed by atoms with Crippen LogP contribution in [0, 0.1) is 5.41 Å². The van der Waals surface area contributed by atoms with Gasteiger partial charge in [0.25, 0.3) is 5.91 Å². The van der Waals surface area contributed by atoms with Crippen molar-refractivity contribution < 1.29 is 14.7 Å². The highest BCUT2D eigenvalue weighted by Crippen LogP contribution is 2.31. The molecule has 2 rings (SSSR count). The standard InChI is InChI=1S/C13H14BrNO3/c1-13(12(17)18)6-7-15(8-13)11(16)9-4-2-3-5-10(9)14/h2-5H,6-8H2,1H3,(H,17,18)/t13-/m0/s1. The SMILES string of the molecule is C[C@]1(C(=O)O)CCN(C(=O)c2ccccc2Br)C1. The molecule has 0 spiro atoms. The second kappa shape index (κ2) is 4.72. The van der Waals surface area contributed by atoms with Crippen LogP contribution in [-0.2, 0) is 4.79 Å². The van der Waals surface area contributed by atoms with E-state index in [4.69, 9.17) is 5.11 Å². The molecule has 1 aromatic rings. The molecule has 0 aromatic heterocycles. The topological polar surface area (TPSA) is 57.6 Å². The lowest BCUT2D eigenvalue weighted by Crippen LogP contribution is -2.35. The van der Waals surface area contributed by atoms with E-state index < -0.39 is 11.4 Å². The third kappa shape index (κ3) is 2.27. The fraction of sp³-hybridized carbons (Fsp3) is 0.385. The molecule has 0 radical (unpaired) electrons. The summed E-state index contributed by atoms with van der Waals surface area (Å²) in [5.41, 5.74) is -0.246. The molecule has 18 heavy (non-hydrogen) atoms. The first-order chi connectivity index (χ1) is 8.44. The maximum Gasteiger partial charge on any atom is 0.311 e. The summed E-state index contributed by atoms with van der Waals surface area (Å²) in [4.78, 5) is 25.0. The number of likely N-dealkylation sites (tertiary alicyclic amines) is 1. The fourth-order valence-electron chi connectivity index (χ4n) is 2.11. The summed E-state index contributed by atoms with van der Waals surface area (Å²) in [5.74, 6) is -0.961. The van der Waals surface area contributed by atoms with Crippen LogP contribution in [0.15, 0.2) is 28.7 Å². The average Bonchev–Trinajstić information content (AvgIpc) is 2.73. The molecule has 1 fully saturated rings. The fourth-order valence-corrected chi connectivity index (χ4v) is 2.57. The predicted octanol–water partition coefficient (Wildman–Crippen LogP) is 2.39. The number of carboxylic acids is 1. The Morgan fingerprint density at radius 2 is 2.06 bits per heavy atom. The third-order valence-electron chi connectivity index (χ3n) is 3.38. The summed E-state index contributed by atoms with van der Waals surface area (Å²) in [5, 5.41) is 9.15. The molecule has 1 aliphatic rings. The predicted molar refractivity (Wildman–Crippen MR) is 70.4 cm³/mol. The summed E-state index contributed by atoms with van der Waals surface area (Å²) >= 11 is 3.34. The molecule has 1 aliphatic heterocycles. The lowest BCUT2D eigenvalue weighted by Gasteiger charge is -2.20. The number of carbonyl (C=O) groups excluding carboxylic acids is 1. The molecule has 1 aromatic carbocycles. The van der Waals surface area contributed by atoms with Crippen molar-refractivity contribution in [3.63, 3.8) is 0 Å². The first kappa shape index (κ1) is 13.1. The minimum atomic E-state index is -0.843. The van der Waals surface area contributed by atoms with Crippen LogP contribution >= 0.6 is 15.9 Å². The Morgan fingerprint density at radius 3 is 2.61 bits per heavy atom. The van der Waals surface area contributed by atoms with Crippen molar-refractivity contribution in [2.24, 2.45) is 5.41 Å². The molecular formula is C13H14BrNO3. The monoisotopic (exact) mass is 311 g/mol. The number of hydrogen-bond acceptors (Lipinski definition) is 2. The van der Waals surface area contributed by atoms with Gasteiger partial charge in [0.1, 0.15) is 0 Å². The molecule has 1 saturated heterocycles. The molecular weight excluding hydrogens is 298 g/mol. The van der Waals surface area contributed by atoms with E-state index in [-0.39, 0.29) is 12.5 Å². The first-order valence-corrected chi connectivity index (χ1v) is 6.50. The normalized spacial score (nSPS) is 23.1. The Labute approximate surface area is 114 Å². The summed E-state index contributed by atoms with van der Waals surface area (Å²) < 4.78 is 0.735. The number of carbonyl (C=O) groups is 2. The number of halogens is 1. The zero-order valence-corrected chi connectivity index (χ0v) is 11.6. The van der Waals surface area contributed by atoms with Gasteiger partial charge in [0.2, 0.25) is 0 Å². The maximum absolute atomic E-state index is 12.3. The Balaban J connectivity index is 2.18. The number of benzene rings is 1. The number of aliphatic carboxylic acids is 1. The van der Waals surface area contributed by atoms with Gasteiger partial charge in [0.15, 0.2) is 0 Å². The third-order valence-corrected chi connectivity index (χ3v) is 4.07. The molecule has 96 valence electrons. The van der Waals surface area contributed by atoms with Crippen LogP contribution in [-0.4, -0.2) is 35.0 Å². The van der Waals surface area contributed by atoms with Gasteiger partial charge in [-0.2, -0.15) is 0 Å². The molecule has 1 N–H and O–H groups in total. The molecule has 1 amide bonds. The molecule has 5 heteroatoms. The van der Waals surface area contributed by atoms with Gasteiger partial charge >= 0.3 is 5.97 Å². The Morgan fingerprint density at radius 1 is 1.39 bits per heavy atom. The van der Waals surface area contributed by atoms with E-state index >= 15 is 0 Å². The van der Waals surface area contributed by atoms with E-state index in [9.17, 15) is 9.59 Å². The Bertz CT molecular complexity index is 503. The maximum atomic E-state index is 12.3. The summed E-state index contributed by atoms with van der Waals surface area (Å²) in [6.07, 6.45) is 0.499. The number of carboxylic acid groups (broad SMARTS) is 1. The van der Waals surface area contributed by atoms with Crippen molar-refractivity contribution in [3.8, 4) is 0 Å². The number of rotatable bonds is 2. The highest BCUT2D eigenvalue weighted by Gasteiger charge is 2.42. The van der Waals surface area contributed by atoms with E-state index in [0.717, 1.165) is 4.47 Å². The molecule has 0 bridgehead atoms. The molecule has 0 unspecified atom stereocenters. The largest absolute Gasteiger partial charge is 0.481 e. The highest BCUT2D eigenvalue weighted by molar-refractivity contribution is 9.10. The van der Waals surface area contributed by atoms with Crippen LogP contribution in [0.5, 0.6) is 0 Å². The van der Waals surface area contributed by atoms with Crippen molar-refractivity contribution in [2.45, 2.75) is 13.3 Å². The molecule has 1 heterocycles. The Hall–Kier alpha value is -1.36. The van der Waals surface area contributed by atoms with Crippen LogP contribution in [0.4, 0.5) is 0 Å². The van der Waals surface area contributed by atoms with Crippen molar-refractivity contribution in [3.05, 3.63) is 34.3 Å². The van der Waals surface area contributed by atoms with E-state index in [1.165, 1.54) is 0 Å². The zero-order valence-electron chi connectivity index (χ0n) is 10.0. The van der Waals surface area contributed by atoms with E-state index in [0.29, 0.717) is 18.5 Å². The van der Waals surface area contributed by atoms with E-state index in [2.05, 4.69) is 15.9 Å². The van der Waals surface area contributed by atoms with Gasteiger partial charge in [-0.15, -0.1) is 0 Å². The number of hydrogen-bond donors (Lipinski definition) is 1. The van der Waals surface area contributed by atoms with Crippen molar-refractivity contribution in [2.75, 3.05) is 13.1 Å². The van der Waals surface area contributed by atoms with E-state index in [1.807, 2.05) is 6.07 Å². The van der Waals surface area contributed by atoms with Crippen LogP contribution in [0.3, 0.4) is 0 Å². The number of nitrogens with zero attached hydrogens (tertiary/aromatic N) is 1.